The van der Waals surface area contributed by atoms with E-state index in [2.05, 4.69) is 19.2 Å². The Morgan fingerprint density at radius 3 is 2.26 bits per heavy atom. The molecule has 0 aliphatic heterocycles. The van der Waals surface area contributed by atoms with Crippen LogP contribution in [0.3, 0.4) is 0 Å². The van der Waals surface area contributed by atoms with Gasteiger partial charge in [-0.1, -0.05) is 19.9 Å². The maximum atomic E-state index is 12.5. The van der Waals surface area contributed by atoms with Gasteiger partial charge < -0.3 is 15.0 Å². The lowest BCUT2D eigenvalue weighted by Crippen LogP contribution is -2.30. The van der Waals surface area contributed by atoms with Crippen molar-refractivity contribution in [2.75, 3.05) is 25.0 Å². The van der Waals surface area contributed by atoms with Crippen molar-refractivity contribution < 1.29 is 14.3 Å². The molecule has 144 valence electrons. The SMILES string of the molecule is CCN(CC)C(=O)c1ccc(NC(=O)c2cccc(OCC(C)C)c2)cc1. The van der Waals surface area contributed by atoms with Gasteiger partial charge in [0, 0.05) is 29.9 Å². The summed E-state index contributed by atoms with van der Waals surface area (Å²) in [5, 5.41) is 2.85. The van der Waals surface area contributed by atoms with Crippen LogP contribution in [0.4, 0.5) is 5.69 Å². The summed E-state index contributed by atoms with van der Waals surface area (Å²) >= 11 is 0. The molecule has 2 amide bonds. The molecule has 1 N–H and O–H groups in total. The molecule has 5 heteroatoms. The number of nitrogens with zero attached hydrogens (tertiary/aromatic N) is 1. The Hall–Kier alpha value is -2.82. The van der Waals surface area contributed by atoms with E-state index in [0.29, 0.717) is 48.2 Å². The van der Waals surface area contributed by atoms with Crippen molar-refractivity contribution in [2.45, 2.75) is 27.7 Å². The zero-order chi connectivity index (χ0) is 19.8. The van der Waals surface area contributed by atoms with Crippen LogP contribution in [-0.4, -0.2) is 36.4 Å². The van der Waals surface area contributed by atoms with Crippen LogP contribution in [0, 0.1) is 5.92 Å². The van der Waals surface area contributed by atoms with Crippen LogP contribution in [0.5, 0.6) is 5.75 Å². The fraction of sp³-hybridized carbons (Fsp3) is 0.364. The molecule has 0 radical (unpaired) electrons. The molecule has 27 heavy (non-hydrogen) atoms. The van der Waals surface area contributed by atoms with Gasteiger partial charge in [0.25, 0.3) is 11.8 Å². The average Bonchev–Trinajstić information content (AvgIpc) is 2.68. The first-order valence-corrected chi connectivity index (χ1v) is 9.38. The van der Waals surface area contributed by atoms with Crippen LogP contribution in [-0.2, 0) is 0 Å². The highest BCUT2D eigenvalue weighted by Crippen LogP contribution is 2.17. The maximum absolute atomic E-state index is 12.5. The number of nitrogens with one attached hydrogen (secondary N) is 1. The third-order valence-electron chi connectivity index (χ3n) is 4.12. The van der Waals surface area contributed by atoms with Crippen molar-refractivity contribution in [1.29, 1.82) is 0 Å². The number of ether oxygens (including phenoxy) is 1. The van der Waals surface area contributed by atoms with Gasteiger partial charge in [-0.05, 0) is 62.2 Å². The number of hydrogen-bond acceptors (Lipinski definition) is 3. The van der Waals surface area contributed by atoms with E-state index in [1.54, 1.807) is 47.4 Å². The van der Waals surface area contributed by atoms with E-state index in [1.165, 1.54) is 0 Å². The molecule has 5 nitrogen and oxygen atoms in total. The molecule has 0 aliphatic rings. The molecule has 0 aliphatic carbocycles. The number of benzene rings is 2. The van der Waals surface area contributed by atoms with E-state index in [9.17, 15) is 9.59 Å². The van der Waals surface area contributed by atoms with Crippen LogP contribution in [0.2, 0.25) is 0 Å². The quantitative estimate of drug-likeness (QED) is 0.748. The fourth-order valence-corrected chi connectivity index (χ4v) is 2.58. The second-order valence-electron chi connectivity index (χ2n) is 6.74. The predicted octanol–water partition coefficient (Wildman–Crippen LogP) is 4.46. The lowest BCUT2D eigenvalue weighted by Gasteiger charge is -2.18. The van der Waals surface area contributed by atoms with Crippen LogP contribution in [0.25, 0.3) is 0 Å². The monoisotopic (exact) mass is 368 g/mol. The highest BCUT2D eigenvalue weighted by molar-refractivity contribution is 6.04. The Balaban J connectivity index is 2.03. The molecule has 2 aromatic rings. The van der Waals surface area contributed by atoms with E-state index >= 15 is 0 Å². The third kappa shape index (κ3) is 5.84. The molecule has 0 bridgehead atoms. The Labute approximate surface area is 161 Å². The van der Waals surface area contributed by atoms with Gasteiger partial charge in [0.05, 0.1) is 6.61 Å². The van der Waals surface area contributed by atoms with Crippen molar-refractivity contribution >= 4 is 17.5 Å². The number of carbonyl (C=O) groups excluding carboxylic acids is 2. The summed E-state index contributed by atoms with van der Waals surface area (Å²) in [5.41, 5.74) is 1.78. The fourth-order valence-electron chi connectivity index (χ4n) is 2.58. The topological polar surface area (TPSA) is 58.6 Å². The molecule has 0 aromatic heterocycles. The van der Waals surface area contributed by atoms with Gasteiger partial charge in [-0.15, -0.1) is 0 Å². The van der Waals surface area contributed by atoms with Crippen molar-refractivity contribution in [2.24, 2.45) is 5.92 Å². The summed E-state index contributed by atoms with van der Waals surface area (Å²) in [6, 6.07) is 14.1. The van der Waals surface area contributed by atoms with E-state index in [0.717, 1.165) is 0 Å². The van der Waals surface area contributed by atoms with E-state index < -0.39 is 0 Å². The minimum atomic E-state index is -0.215. The van der Waals surface area contributed by atoms with Crippen LogP contribution >= 0.6 is 0 Å². The molecule has 0 fully saturated rings. The molecular weight excluding hydrogens is 340 g/mol. The summed E-state index contributed by atoms with van der Waals surface area (Å²) in [5.74, 6) is 0.872. The highest BCUT2D eigenvalue weighted by Gasteiger charge is 2.13. The largest absolute Gasteiger partial charge is 0.493 e. The van der Waals surface area contributed by atoms with Gasteiger partial charge >= 0.3 is 0 Å². The van der Waals surface area contributed by atoms with Gasteiger partial charge in [0.2, 0.25) is 0 Å². The summed E-state index contributed by atoms with van der Waals surface area (Å²) in [6.07, 6.45) is 0. The molecule has 2 aromatic carbocycles. The molecule has 0 atom stereocenters. The van der Waals surface area contributed by atoms with Crippen molar-refractivity contribution in [3.8, 4) is 5.75 Å². The number of anilines is 1. The lowest BCUT2D eigenvalue weighted by molar-refractivity contribution is 0.0773. The second kappa shape index (κ2) is 9.76. The van der Waals surface area contributed by atoms with Gasteiger partial charge in [-0.2, -0.15) is 0 Å². The lowest BCUT2D eigenvalue weighted by atomic mass is 10.1. The van der Waals surface area contributed by atoms with Gasteiger partial charge in [0.15, 0.2) is 0 Å². The Morgan fingerprint density at radius 2 is 1.67 bits per heavy atom. The summed E-state index contributed by atoms with van der Waals surface area (Å²) < 4.78 is 5.67. The first-order valence-electron chi connectivity index (χ1n) is 9.38. The standard InChI is InChI=1S/C22H28N2O3/c1-5-24(6-2)22(26)17-10-12-19(13-11-17)23-21(25)18-8-7-9-20(14-18)27-15-16(3)4/h7-14,16H,5-6,15H2,1-4H3,(H,23,25). The minimum Gasteiger partial charge on any atom is -0.493 e. The first-order chi connectivity index (χ1) is 12.9. The first kappa shape index (κ1) is 20.5. The van der Waals surface area contributed by atoms with Crippen LogP contribution < -0.4 is 10.1 Å². The number of rotatable bonds is 8. The molecule has 0 spiro atoms. The zero-order valence-electron chi connectivity index (χ0n) is 16.5. The summed E-state index contributed by atoms with van der Waals surface area (Å²) in [6.45, 7) is 10.00. The van der Waals surface area contributed by atoms with E-state index in [4.69, 9.17) is 4.74 Å². The zero-order valence-corrected chi connectivity index (χ0v) is 16.5. The van der Waals surface area contributed by atoms with Crippen LogP contribution in [0.1, 0.15) is 48.4 Å². The highest BCUT2D eigenvalue weighted by atomic mass is 16.5. The molecule has 2 rings (SSSR count). The minimum absolute atomic E-state index is 0.00659. The molecule has 0 heterocycles. The summed E-state index contributed by atoms with van der Waals surface area (Å²) in [4.78, 5) is 26.6. The second-order valence-corrected chi connectivity index (χ2v) is 6.74. The van der Waals surface area contributed by atoms with Crippen molar-refractivity contribution in [3.63, 3.8) is 0 Å². The molecule has 0 saturated carbocycles. The molecule has 0 saturated heterocycles. The predicted molar refractivity (Wildman–Crippen MR) is 108 cm³/mol. The van der Waals surface area contributed by atoms with Crippen molar-refractivity contribution in [3.05, 3.63) is 59.7 Å². The number of hydrogen-bond donors (Lipinski definition) is 1. The van der Waals surface area contributed by atoms with Gasteiger partial charge in [-0.25, -0.2) is 0 Å². The Bertz CT molecular complexity index is 765. The van der Waals surface area contributed by atoms with Crippen molar-refractivity contribution in [1.82, 2.24) is 4.90 Å². The molecular formula is C22H28N2O3. The third-order valence-corrected chi connectivity index (χ3v) is 4.12. The van der Waals surface area contributed by atoms with Crippen LogP contribution in [0.15, 0.2) is 48.5 Å². The number of amides is 2. The molecule has 0 unspecified atom stereocenters. The van der Waals surface area contributed by atoms with Gasteiger partial charge in [0.1, 0.15) is 5.75 Å². The number of carbonyl (C=O) groups is 2. The summed E-state index contributed by atoms with van der Waals surface area (Å²) in [7, 11) is 0. The average molecular weight is 368 g/mol. The Morgan fingerprint density at radius 1 is 1.00 bits per heavy atom. The van der Waals surface area contributed by atoms with Gasteiger partial charge in [-0.3, -0.25) is 9.59 Å². The normalized spacial score (nSPS) is 10.6. The van der Waals surface area contributed by atoms with E-state index in [1.807, 2.05) is 19.9 Å². The maximum Gasteiger partial charge on any atom is 0.255 e. The van der Waals surface area contributed by atoms with E-state index in [-0.39, 0.29) is 11.8 Å². The Kier molecular flexibility index (Phi) is 7.41. The smallest absolute Gasteiger partial charge is 0.255 e.